The van der Waals surface area contributed by atoms with Gasteiger partial charge in [-0.1, -0.05) is 26.3 Å². The zero-order valence-electron chi connectivity index (χ0n) is 18.2. The summed E-state index contributed by atoms with van der Waals surface area (Å²) in [6, 6.07) is 4.85. The van der Waals surface area contributed by atoms with E-state index in [1.165, 1.54) is 0 Å². The fourth-order valence-electron chi connectivity index (χ4n) is 4.09. The Hall–Kier alpha value is -3.14. The molecule has 0 amide bonds. The molecule has 3 aromatic rings. The predicted molar refractivity (Wildman–Crippen MR) is 124 cm³/mol. The summed E-state index contributed by atoms with van der Waals surface area (Å²) < 4.78 is 33.8. The van der Waals surface area contributed by atoms with Gasteiger partial charge in [-0.25, -0.2) is 17.9 Å². The second-order valence-electron chi connectivity index (χ2n) is 7.97. The Bertz CT molecular complexity index is 1320. The second kappa shape index (κ2) is 8.78. The van der Waals surface area contributed by atoms with Crippen LogP contribution in [-0.4, -0.2) is 34.6 Å². The number of benzene rings is 1. The number of nitrogens with one attached hydrogen (secondary N) is 2. The van der Waals surface area contributed by atoms with Crippen molar-refractivity contribution in [2.24, 2.45) is 0 Å². The molecule has 0 saturated heterocycles. The molecule has 2 aromatic heterocycles. The maximum Gasteiger partial charge on any atom is 0.277 e. The van der Waals surface area contributed by atoms with Gasteiger partial charge in [0, 0.05) is 17.0 Å². The van der Waals surface area contributed by atoms with Gasteiger partial charge in [0.15, 0.2) is 11.3 Å². The molecule has 10 heteroatoms. The summed E-state index contributed by atoms with van der Waals surface area (Å²) in [5.74, 6) is 1.84. The minimum atomic E-state index is -3.69. The summed E-state index contributed by atoms with van der Waals surface area (Å²) in [5, 5.41) is 5.56. The molecule has 2 heterocycles. The molecule has 1 fully saturated rings. The topological polar surface area (TPSA) is 118 Å². The fourth-order valence-corrected chi connectivity index (χ4v) is 4.62. The van der Waals surface area contributed by atoms with E-state index in [4.69, 9.17) is 9.84 Å². The quantitative estimate of drug-likeness (QED) is 0.532. The Labute approximate surface area is 186 Å². The van der Waals surface area contributed by atoms with Crippen molar-refractivity contribution < 1.29 is 13.2 Å². The van der Waals surface area contributed by atoms with Crippen LogP contribution in [0.1, 0.15) is 56.5 Å². The van der Waals surface area contributed by atoms with Crippen LogP contribution in [-0.2, 0) is 10.0 Å². The molecule has 1 aliphatic carbocycles. The number of aromatic amines is 1. The van der Waals surface area contributed by atoms with Gasteiger partial charge in [0.1, 0.15) is 11.6 Å². The molecule has 32 heavy (non-hydrogen) atoms. The molecular formula is C22H27N5O4S. The highest BCUT2D eigenvalue weighted by atomic mass is 32.2. The summed E-state index contributed by atoms with van der Waals surface area (Å²) in [5.41, 5.74) is 1.55. The number of nitrogens with zero attached hydrogens (tertiary/aromatic N) is 3. The lowest BCUT2D eigenvalue weighted by atomic mass is 10.1. The van der Waals surface area contributed by atoms with Crippen molar-refractivity contribution in [2.75, 3.05) is 11.3 Å². The molecule has 9 nitrogen and oxygen atoms in total. The number of rotatable bonds is 8. The number of sulfonamides is 1. The predicted octanol–water partition coefficient (Wildman–Crippen LogP) is 3.72. The maximum absolute atomic E-state index is 13.0. The Morgan fingerprint density at radius 1 is 1.34 bits per heavy atom. The van der Waals surface area contributed by atoms with E-state index in [0.717, 1.165) is 43.3 Å². The Morgan fingerprint density at radius 3 is 2.78 bits per heavy atom. The van der Waals surface area contributed by atoms with Crippen LogP contribution in [0.4, 0.5) is 5.69 Å². The lowest BCUT2D eigenvalue weighted by molar-refractivity contribution is 0.318. The normalized spacial score (nSPS) is 14.7. The number of anilines is 1. The van der Waals surface area contributed by atoms with Crippen LogP contribution in [0.3, 0.4) is 0 Å². The Kier molecular flexibility index (Phi) is 6.05. The molecule has 0 aliphatic heterocycles. The second-order valence-corrected chi connectivity index (χ2v) is 9.60. The van der Waals surface area contributed by atoms with Crippen LogP contribution in [0.5, 0.6) is 5.75 Å². The van der Waals surface area contributed by atoms with E-state index >= 15 is 0 Å². The zero-order chi connectivity index (χ0) is 22.9. The fraction of sp³-hybridized carbons (Fsp3) is 0.409. The van der Waals surface area contributed by atoms with Crippen molar-refractivity contribution in [2.45, 2.75) is 51.9 Å². The molecule has 1 aliphatic rings. The van der Waals surface area contributed by atoms with Crippen molar-refractivity contribution in [1.29, 1.82) is 0 Å². The van der Waals surface area contributed by atoms with Gasteiger partial charge in [-0.3, -0.25) is 9.52 Å². The van der Waals surface area contributed by atoms with Crippen LogP contribution in [0.2, 0.25) is 0 Å². The summed E-state index contributed by atoms with van der Waals surface area (Å²) in [6.07, 6.45) is 5.10. The first-order valence-corrected chi connectivity index (χ1v) is 12.3. The minimum absolute atomic E-state index is 0.264. The zero-order valence-corrected chi connectivity index (χ0v) is 19.0. The minimum Gasteiger partial charge on any atom is -0.493 e. The van der Waals surface area contributed by atoms with Gasteiger partial charge in [0.05, 0.1) is 17.9 Å². The van der Waals surface area contributed by atoms with Gasteiger partial charge >= 0.3 is 0 Å². The number of ether oxygens (including phenoxy) is 1. The average Bonchev–Trinajstić information content (AvgIpc) is 3.40. The lowest BCUT2D eigenvalue weighted by Gasteiger charge is -2.14. The third kappa shape index (κ3) is 4.27. The van der Waals surface area contributed by atoms with Gasteiger partial charge in [-0.05, 0) is 44.4 Å². The highest BCUT2D eigenvalue weighted by Crippen LogP contribution is 2.35. The lowest BCUT2D eigenvalue weighted by Crippen LogP contribution is -2.16. The molecule has 2 N–H and O–H groups in total. The SMILES string of the molecule is C=CS(=O)(=O)Nc1ccc(OCCC)c(-c2nn3c(C4CCCC4)nc(C)c3c(=O)[nH]2)c1. The molecule has 1 saturated carbocycles. The van der Waals surface area contributed by atoms with Crippen molar-refractivity contribution >= 4 is 21.2 Å². The van der Waals surface area contributed by atoms with Crippen LogP contribution < -0.4 is 15.0 Å². The van der Waals surface area contributed by atoms with E-state index < -0.39 is 10.0 Å². The Morgan fingerprint density at radius 2 is 2.09 bits per heavy atom. The number of hydrogen-bond acceptors (Lipinski definition) is 6. The highest BCUT2D eigenvalue weighted by molar-refractivity contribution is 7.95. The summed E-state index contributed by atoms with van der Waals surface area (Å²) in [6.45, 7) is 7.58. The molecule has 0 spiro atoms. The van der Waals surface area contributed by atoms with Gasteiger partial charge in [0.2, 0.25) is 0 Å². The van der Waals surface area contributed by atoms with E-state index in [-0.39, 0.29) is 17.3 Å². The summed E-state index contributed by atoms with van der Waals surface area (Å²) in [4.78, 5) is 20.5. The van der Waals surface area contributed by atoms with E-state index in [1.54, 1.807) is 22.7 Å². The monoisotopic (exact) mass is 457 g/mol. The first kappa shape index (κ1) is 22.1. The molecule has 0 unspecified atom stereocenters. The van der Waals surface area contributed by atoms with Crippen molar-refractivity contribution in [3.63, 3.8) is 0 Å². The number of imidazole rings is 1. The largest absolute Gasteiger partial charge is 0.493 e. The number of hydrogen-bond donors (Lipinski definition) is 2. The average molecular weight is 458 g/mol. The first-order chi connectivity index (χ1) is 15.3. The third-order valence-electron chi connectivity index (χ3n) is 5.60. The van der Waals surface area contributed by atoms with E-state index in [2.05, 4.69) is 21.3 Å². The summed E-state index contributed by atoms with van der Waals surface area (Å²) in [7, 11) is -3.69. The smallest absolute Gasteiger partial charge is 0.277 e. The van der Waals surface area contributed by atoms with Gasteiger partial charge in [-0.2, -0.15) is 0 Å². The molecule has 4 rings (SSSR count). The van der Waals surface area contributed by atoms with Crippen LogP contribution >= 0.6 is 0 Å². The van der Waals surface area contributed by atoms with Crippen molar-refractivity contribution in [3.8, 4) is 17.1 Å². The standard InChI is InChI=1S/C22H27N5O4S/c1-4-12-31-18-11-10-16(26-32(29,30)5-2)13-17(18)20-24-22(28)19-14(3)23-21(27(19)25-20)15-8-6-7-9-15/h5,10-11,13,15,26H,2,4,6-9,12H2,1,3H3,(H,24,25,28). The van der Waals surface area contributed by atoms with E-state index in [0.29, 0.717) is 34.8 Å². The first-order valence-electron chi connectivity index (χ1n) is 10.7. The molecule has 1 aromatic carbocycles. The number of H-pyrrole nitrogens is 1. The Balaban J connectivity index is 1.88. The van der Waals surface area contributed by atoms with Gasteiger partial charge in [-0.15, -0.1) is 5.10 Å². The molecular weight excluding hydrogens is 430 g/mol. The van der Waals surface area contributed by atoms with Crippen LogP contribution in [0.15, 0.2) is 35.0 Å². The number of aromatic nitrogens is 4. The molecule has 0 radical (unpaired) electrons. The maximum atomic E-state index is 13.0. The number of aryl methyl sites for hydroxylation is 1. The highest BCUT2D eigenvalue weighted by Gasteiger charge is 2.25. The molecule has 170 valence electrons. The molecule has 0 atom stereocenters. The third-order valence-corrected chi connectivity index (χ3v) is 6.56. The van der Waals surface area contributed by atoms with E-state index in [1.807, 2.05) is 13.8 Å². The van der Waals surface area contributed by atoms with E-state index in [9.17, 15) is 13.2 Å². The summed E-state index contributed by atoms with van der Waals surface area (Å²) >= 11 is 0. The van der Waals surface area contributed by atoms with Crippen molar-refractivity contribution in [3.05, 3.63) is 52.1 Å². The molecule has 0 bridgehead atoms. The van der Waals surface area contributed by atoms with Gasteiger partial charge < -0.3 is 9.72 Å². The van der Waals surface area contributed by atoms with Crippen LogP contribution in [0.25, 0.3) is 16.9 Å². The number of fused-ring (bicyclic) bond motifs is 1. The van der Waals surface area contributed by atoms with Crippen molar-refractivity contribution in [1.82, 2.24) is 19.6 Å². The van der Waals surface area contributed by atoms with Crippen LogP contribution in [0, 0.1) is 6.92 Å². The van der Waals surface area contributed by atoms with Gasteiger partial charge in [0.25, 0.3) is 15.6 Å².